The third-order valence-electron chi connectivity index (χ3n) is 4.43. The van der Waals surface area contributed by atoms with Crippen LogP contribution in [0.1, 0.15) is 34.7 Å². The highest BCUT2D eigenvalue weighted by atomic mass is 16.5. The average molecular weight is 326 g/mol. The monoisotopic (exact) mass is 326 g/mol. The van der Waals surface area contributed by atoms with Crippen LogP contribution in [0.4, 0.5) is 5.82 Å². The SMILES string of the molecule is CNc1cc(C(=O)N2CCCC(c3cccc(OC)c3)C2)cnn1. The van der Waals surface area contributed by atoms with Crippen LogP contribution in [-0.2, 0) is 0 Å². The normalized spacial score (nSPS) is 17.4. The maximum atomic E-state index is 12.8. The second-order valence-electron chi connectivity index (χ2n) is 5.95. The van der Waals surface area contributed by atoms with E-state index >= 15 is 0 Å². The second-order valence-corrected chi connectivity index (χ2v) is 5.95. The third-order valence-corrected chi connectivity index (χ3v) is 4.43. The molecule has 1 aliphatic rings. The van der Waals surface area contributed by atoms with Crippen molar-refractivity contribution in [2.24, 2.45) is 0 Å². The van der Waals surface area contributed by atoms with Crippen LogP contribution in [0.3, 0.4) is 0 Å². The molecule has 3 rings (SSSR count). The molecule has 0 saturated carbocycles. The highest BCUT2D eigenvalue weighted by Gasteiger charge is 2.26. The van der Waals surface area contributed by atoms with Crippen molar-refractivity contribution in [3.63, 3.8) is 0 Å². The Hall–Kier alpha value is -2.63. The molecule has 24 heavy (non-hydrogen) atoms. The molecule has 1 aromatic carbocycles. The minimum absolute atomic E-state index is 0.00833. The molecule has 1 N–H and O–H groups in total. The number of methoxy groups -OCH3 is 1. The van der Waals surface area contributed by atoms with E-state index < -0.39 is 0 Å². The van der Waals surface area contributed by atoms with Gasteiger partial charge in [-0.25, -0.2) is 0 Å². The number of nitrogens with zero attached hydrogens (tertiary/aromatic N) is 3. The van der Waals surface area contributed by atoms with Crippen molar-refractivity contribution in [3.05, 3.63) is 47.7 Å². The molecule has 2 aromatic rings. The highest BCUT2D eigenvalue weighted by molar-refractivity contribution is 5.94. The van der Waals surface area contributed by atoms with E-state index in [0.29, 0.717) is 23.8 Å². The summed E-state index contributed by atoms with van der Waals surface area (Å²) in [6.45, 7) is 1.49. The lowest BCUT2D eigenvalue weighted by atomic mass is 9.90. The van der Waals surface area contributed by atoms with Crippen molar-refractivity contribution in [1.29, 1.82) is 0 Å². The minimum atomic E-state index is 0.00833. The summed E-state index contributed by atoms with van der Waals surface area (Å²) < 4.78 is 5.31. The van der Waals surface area contributed by atoms with Gasteiger partial charge in [0.05, 0.1) is 18.9 Å². The second kappa shape index (κ2) is 7.29. The van der Waals surface area contributed by atoms with Crippen molar-refractivity contribution in [2.75, 3.05) is 32.6 Å². The molecule has 1 amide bonds. The minimum Gasteiger partial charge on any atom is -0.497 e. The molecule has 1 aliphatic heterocycles. The van der Waals surface area contributed by atoms with Crippen LogP contribution < -0.4 is 10.1 Å². The first-order valence-electron chi connectivity index (χ1n) is 8.15. The summed E-state index contributed by atoms with van der Waals surface area (Å²) in [5.74, 6) is 1.79. The zero-order valence-electron chi connectivity index (χ0n) is 14.0. The van der Waals surface area contributed by atoms with Crippen molar-refractivity contribution in [1.82, 2.24) is 15.1 Å². The Balaban J connectivity index is 1.76. The number of piperidine rings is 1. The number of nitrogens with one attached hydrogen (secondary N) is 1. The van der Waals surface area contributed by atoms with Gasteiger partial charge in [-0.05, 0) is 36.6 Å². The number of hydrogen-bond donors (Lipinski definition) is 1. The molecule has 1 saturated heterocycles. The number of amides is 1. The fourth-order valence-corrected chi connectivity index (χ4v) is 3.12. The largest absolute Gasteiger partial charge is 0.497 e. The Kier molecular flexibility index (Phi) is 4.93. The summed E-state index contributed by atoms with van der Waals surface area (Å²) in [6, 6.07) is 9.85. The van der Waals surface area contributed by atoms with Crippen LogP contribution in [-0.4, -0.2) is 48.3 Å². The van der Waals surface area contributed by atoms with Gasteiger partial charge in [0.25, 0.3) is 5.91 Å². The van der Waals surface area contributed by atoms with E-state index in [-0.39, 0.29) is 5.91 Å². The van der Waals surface area contributed by atoms with Gasteiger partial charge in [0, 0.05) is 26.1 Å². The number of aromatic nitrogens is 2. The standard InChI is InChI=1S/C18H22N4O2/c1-19-17-10-15(11-20-21-17)18(23)22-8-4-6-14(12-22)13-5-3-7-16(9-13)24-2/h3,5,7,9-11,14H,4,6,8,12H2,1-2H3,(H,19,21). The maximum Gasteiger partial charge on any atom is 0.255 e. The van der Waals surface area contributed by atoms with E-state index in [9.17, 15) is 4.79 Å². The zero-order chi connectivity index (χ0) is 16.9. The van der Waals surface area contributed by atoms with E-state index in [0.717, 1.165) is 25.1 Å². The molecular weight excluding hydrogens is 304 g/mol. The topological polar surface area (TPSA) is 67.4 Å². The first-order chi connectivity index (χ1) is 11.7. The molecule has 126 valence electrons. The Morgan fingerprint density at radius 2 is 2.25 bits per heavy atom. The molecule has 1 atom stereocenters. The summed E-state index contributed by atoms with van der Waals surface area (Å²) in [5.41, 5.74) is 1.79. The van der Waals surface area contributed by atoms with E-state index in [1.807, 2.05) is 17.0 Å². The molecule has 1 fully saturated rings. The van der Waals surface area contributed by atoms with Crippen molar-refractivity contribution < 1.29 is 9.53 Å². The number of anilines is 1. The predicted molar refractivity (Wildman–Crippen MR) is 92.5 cm³/mol. The Morgan fingerprint density at radius 1 is 1.38 bits per heavy atom. The van der Waals surface area contributed by atoms with Crippen LogP contribution in [0.5, 0.6) is 5.75 Å². The van der Waals surface area contributed by atoms with E-state index in [2.05, 4.69) is 27.6 Å². The van der Waals surface area contributed by atoms with Crippen LogP contribution in [0, 0.1) is 0 Å². The smallest absolute Gasteiger partial charge is 0.255 e. The van der Waals surface area contributed by atoms with Crippen LogP contribution in [0.2, 0.25) is 0 Å². The average Bonchev–Trinajstić information content (AvgIpc) is 2.67. The van der Waals surface area contributed by atoms with Crippen LogP contribution in [0.15, 0.2) is 36.5 Å². The Morgan fingerprint density at radius 3 is 3.04 bits per heavy atom. The van der Waals surface area contributed by atoms with E-state index in [1.54, 1.807) is 20.2 Å². The molecule has 0 spiro atoms. The van der Waals surface area contributed by atoms with Gasteiger partial charge in [-0.3, -0.25) is 4.79 Å². The molecule has 2 heterocycles. The maximum absolute atomic E-state index is 12.8. The third kappa shape index (κ3) is 3.48. The van der Waals surface area contributed by atoms with Gasteiger partial charge in [-0.1, -0.05) is 12.1 Å². The molecule has 0 aliphatic carbocycles. The Bertz CT molecular complexity index is 720. The zero-order valence-corrected chi connectivity index (χ0v) is 14.0. The van der Waals surface area contributed by atoms with Gasteiger partial charge in [0.2, 0.25) is 0 Å². The lowest BCUT2D eigenvalue weighted by Gasteiger charge is -2.33. The van der Waals surface area contributed by atoms with Gasteiger partial charge in [0.1, 0.15) is 11.6 Å². The highest BCUT2D eigenvalue weighted by Crippen LogP contribution is 2.29. The molecule has 0 radical (unpaired) electrons. The fraction of sp³-hybridized carbons (Fsp3) is 0.389. The number of benzene rings is 1. The molecule has 0 bridgehead atoms. The fourth-order valence-electron chi connectivity index (χ4n) is 3.12. The number of ether oxygens (including phenoxy) is 1. The van der Waals surface area contributed by atoms with Crippen LogP contribution >= 0.6 is 0 Å². The Labute approximate surface area is 141 Å². The first kappa shape index (κ1) is 16.2. The lowest BCUT2D eigenvalue weighted by Crippen LogP contribution is -2.39. The molecule has 1 aromatic heterocycles. The van der Waals surface area contributed by atoms with Gasteiger partial charge in [-0.2, -0.15) is 5.10 Å². The molecule has 6 nitrogen and oxygen atoms in total. The van der Waals surface area contributed by atoms with E-state index in [1.165, 1.54) is 11.8 Å². The first-order valence-corrected chi connectivity index (χ1v) is 8.15. The summed E-state index contributed by atoms with van der Waals surface area (Å²) >= 11 is 0. The summed E-state index contributed by atoms with van der Waals surface area (Å²) in [7, 11) is 3.43. The number of hydrogen-bond acceptors (Lipinski definition) is 5. The quantitative estimate of drug-likeness (QED) is 0.935. The molecular formula is C18H22N4O2. The van der Waals surface area contributed by atoms with Crippen molar-refractivity contribution in [2.45, 2.75) is 18.8 Å². The van der Waals surface area contributed by atoms with Crippen LogP contribution in [0.25, 0.3) is 0 Å². The van der Waals surface area contributed by atoms with Gasteiger partial charge in [0.15, 0.2) is 0 Å². The predicted octanol–water partition coefficient (Wildman–Crippen LogP) is 2.55. The number of rotatable bonds is 4. The van der Waals surface area contributed by atoms with Gasteiger partial charge in [-0.15, -0.1) is 5.10 Å². The summed E-state index contributed by atoms with van der Waals surface area (Å²) in [4.78, 5) is 14.7. The molecule has 1 unspecified atom stereocenters. The van der Waals surface area contributed by atoms with Crippen molar-refractivity contribution in [3.8, 4) is 5.75 Å². The van der Waals surface area contributed by atoms with Crippen molar-refractivity contribution >= 4 is 11.7 Å². The lowest BCUT2D eigenvalue weighted by molar-refractivity contribution is 0.0706. The van der Waals surface area contributed by atoms with Gasteiger partial charge >= 0.3 is 0 Å². The summed E-state index contributed by atoms with van der Waals surface area (Å²) in [6.07, 6.45) is 3.59. The van der Waals surface area contributed by atoms with E-state index in [4.69, 9.17) is 4.74 Å². The molecule has 6 heteroatoms. The number of carbonyl (C=O) groups excluding carboxylic acids is 1. The number of carbonyl (C=O) groups is 1. The van der Waals surface area contributed by atoms with Gasteiger partial charge < -0.3 is 15.0 Å². The number of likely N-dealkylation sites (tertiary alicyclic amines) is 1. The summed E-state index contributed by atoms with van der Waals surface area (Å²) in [5, 5.41) is 10.7.